The van der Waals surface area contributed by atoms with E-state index in [4.69, 9.17) is 4.84 Å². The molecule has 0 bridgehead atoms. The van der Waals surface area contributed by atoms with E-state index in [0.717, 1.165) is 38.5 Å². The van der Waals surface area contributed by atoms with E-state index in [1.54, 1.807) is 30.3 Å². The van der Waals surface area contributed by atoms with Crippen LogP contribution < -0.4 is 5.32 Å². The van der Waals surface area contributed by atoms with Gasteiger partial charge in [0.15, 0.2) is 12.6 Å². The standard InChI is InChI=1S/C30H38N2O5/c1-28-14-11-21(32-37-18-25(33)31-26(27(34)35)19-7-5-4-6-8-19)17-20(28)9-10-22-23(28)12-15-29(2)24(22)13-16-30(29,3)36/h4-8,11,14,17,22-24,26,36H,9-10,12-13,15-16,18H2,1-3H3,(H,31,33)(H,34,35)/b32-21-/t22-,23+,24-,26+,28+,29+,30+/m1/s1. The minimum atomic E-state index is -1.14. The van der Waals surface area contributed by atoms with Crippen molar-refractivity contribution in [3.63, 3.8) is 0 Å². The highest BCUT2D eigenvalue weighted by atomic mass is 16.6. The molecule has 7 heteroatoms. The fourth-order valence-electron chi connectivity index (χ4n) is 7.81. The minimum absolute atomic E-state index is 0.00527. The first-order valence-corrected chi connectivity index (χ1v) is 13.4. The summed E-state index contributed by atoms with van der Waals surface area (Å²) in [5.74, 6) is 0.0520. The number of rotatable bonds is 6. The molecule has 1 aromatic carbocycles. The molecular formula is C30H38N2O5. The second-order valence-corrected chi connectivity index (χ2v) is 12.0. The molecule has 198 valence electrons. The van der Waals surface area contributed by atoms with Crippen LogP contribution in [0.15, 0.2) is 59.3 Å². The number of carbonyl (C=O) groups excluding carboxylic acids is 1. The number of nitrogens with zero attached hydrogens (tertiary/aromatic N) is 1. The summed E-state index contributed by atoms with van der Waals surface area (Å²) in [7, 11) is 0. The topological polar surface area (TPSA) is 108 Å². The van der Waals surface area contributed by atoms with Gasteiger partial charge in [-0.25, -0.2) is 4.79 Å². The second kappa shape index (κ2) is 9.43. The normalized spacial score (nSPS) is 38.1. The third-order valence-corrected chi connectivity index (χ3v) is 10.2. The smallest absolute Gasteiger partial charge is 0.330 e. The van der Waals surface area contributed by atoms with Crippen LogP contribution in [0.3, 0.4) is 0 Å². The molecule has 3 saturated carbocycles. The van der Waals surface area contributed by atoms with Crippen LogP contribution in [0.2, 0.25) is 0 Å². The zero-order chi connectivity index (χ0) is 26.4. The Balaban J connectivity index is 1.22. The van der Waals surface area contributed by atoms with Gasteiger partial charge < -0.3 is 20.4 Å². The number of nitrogens with one attached hydrogen (secondary N) is 1. The summed E-state index contributed by atoms with van der Waals surface area (Å²) in [6, 6.07) is 7.43. The predicted molar refractivity (Wildman–Crippen MR) is 141 cm³/mol. The molecule has 0 radical (unpaired) electrons. The Morgan fingerprint density at radius 2 is 1.84 bits per heavy atom. The molecule has 1 aromatic rings. The monoisotopic (exact) mass is 506 g/mol. The summed E-state index contributed by atoms with van der Waals surface area (Å²) < 4.78 is 0. The van der Waals surface area contributed by atoms with E-state index in [1.165, 1.54) is 5.57 Å². The Kier molecular flexibility index (Phi) is 6.55. The number of fused-ring (bicyclic) bond motifs is 5. The number of hydrogen-bond donors (Lipinski definition) is 3. The molecule has 3 N–H and O–H groups in total. The molecule has 0 saturated heterocycles. The molecule has 3 fully saturated rings. The number of carboxylic acids is 1. The van der Waals surface area contributed by atoms with Crippen LogP contribution in [0.5, 0.6) is 0 Å². The van der Waals surface area contributed by atoms with Gasteiger partial charge >= 0.3 is 5.97 Å². The number of carboxylic acid groups (broad SMARTS) is 1. The average Bonchev–Trinajstić information content (AvgIpc) is 3.11. The lowest BCUT2D eigenvalue weighted by Crippen LogP contribution is -2.53. The van der Waals surface area contributed by atoms with Crippen molar-refractivity contribution in [3.05, 3.63) is 59.7 Å². The quantitative estimate of drug-likeness (QED) is 0.481. The van der Waals surface area contributed by atoms with Crippen molar-refractivity contribution in [2.45, 2.75) is 70.9 Å². The second-order valence-electron chi connectivity index (χ2n) is 12.0. The summed E-state index contributed by atoms with van der Waals surface area (Å²) in [5.41, 5.74) is 1.92. The van der Waals surface area contributed by atoms with Crippen molar-refractivity contribution in [1.29, 1.82) is 0 Å². The number of amides is 1. The number of carbonyl (C=O) groups is 2. The van der Waals surface area contributed by atoms with Crippen LogP contribution in [0.4, 0.5) is 0 Å². The van der Waals surface area contributed by atoms with Crippen molar-refractivity contribution >= 4 is 17.6 Å². The van der Waals surface area contributed by atoms with Crippen LogP contribution in [0, 0.1) is 28.6 Å². The number of oxime groups is 1. The van der Waals surface area contributed by atoms with E-state index in [-0.39, 0.29) is 17.4 Å². The maximum atomic E-state index is 12.4. The third kappa shape index (κ3) is 4.41. The fourth-order valence-corrected chi connectivity index (χ4v) is 7.81. The zero-order valence-electron chi connectivity index (χ0n) is 21.9. The van der Waals surface area contributed by atoms with Crippen molar-refractivity contribution < 1.29 is 24.6 Å². The molecule has 37 heavy (non-hydrogen) atoms. The molecule has 0 spiro atoms. The van der Waals surface area contributed by atoms with E-state index in [9.17, 15) is 19.8 Å². The van der Waals surface area contributed by atoms with E-state index < -0.39 is 23.5 Å². The van der Waals surface area contributed by atoms with E-state index >= 15 is 0 Å². The van der Waals surface area contributed by atoms with Gasteiger partial charge in [-0.1, -0.05) is 61.0 Å². The molecule has 1 amide bonds. The van der Waals surface area contributed by atoms with Crippen LogP contribution in [-0.2, 0) is 14.4 Å². The lowest BCUT2D eigenvalue weighted by atomic mass is 9.47. The first-order chi connectivity index (χ1) is 17.5. The SMILES string of the molecule is C[C@]12C=C/C(=N/OCC(=O)N[C@H](C(=O)O)c3ccccc3)C=C1CC[C@H]1[C@H]3CC[C@](C)(O)[C@@]3(C)CC[C@@H]12. The Labute approximate surface area is 218 Å². The molecule has 0 unspecified atom stereocenters. The zero-order valence-corrected chi connectivity index (χ0v) is 21.9. The first kappa shape index (κ1) is 25.7. The van der Waals surface area contributed by atoms with Crippen molar-refractivity contribution in [2.75, 3.05) is 6.61 Å². The minimum Gasteiger partial charge on any atom is -0.479 e. The molecule has 4 aliphatic carbocycles. The lowest BCUT2D eigenvalue weighted by Gasteiger charge is -2.58. The first-order valence-electron chi connectivity index (χ1n) is 13.4. The fraction of sp³-hybridized carbons (Fsp3) is 0.567. The number of hydrogen-bond acceptors (Lipinski definition) is 5. The Morgan fingerprint density at radius 1 is 1.11 bits per heavy atom. The summed E-state index contributed by atoms with van der Waals surface area (Å²) >= 11 is 0. The van der Waals surface area contributed by atoms with Gasteiger partial charge in [-0.15, -0.1) is 0 Å². The van der Waals surface area contributed by atoms with Crippen LogP contribution in [0.25, 0.3) is 0 Å². The van der Waals surface area contributed by atoms with Crippen molar-refractivity contribution in [1.82, 2.24) is 5.32 Å². The summed E-state index contributed by atoms with van der Waals surface area (Å²) in [4.78, 5) is 29.3. The van der Waals surface area contributed by atoms with E-state index in [2.05, 4.69) is 36.5 Å². The van der Waals surface area contributed by atoms with Gasteiger partial charge in [-0.3, -0.25) is 4.79 Å². The highest BCUT2D eigenvalue weighted by molar-refractivity contribution is 6.05. The van der Waals surface area contributed by atoms with Gasteiger partial charge in [0.05, 0.1) is 5.60 Å². The van der Waals surface area contributed by atoms with Gasteiger partial charge in [0.2, 0.25) is 0 Å². The maximum Gasteiger partial charge on any atom is 0.330 e. The van der Waals surface area contributed by atoms with Gasteiger partial charge in [0.25, 0.3) is 5.91 Å². The van der Waals surface area contributed by atoms with Gasteiger partial charge in [-0.2, -0.15) is 0 Å². The predicted octanol–water partition coefficient (Wildman–Crippen LogP) is 4.79. The largest absolute Gasteiger partial charge is 0.479 e. The van der Waals surface area contributed by atoms with E-state index in [0.29, 0.717) is 29.0 Å². The highest BCUT2D eigenvalue weighted by Gasteiger charge is 2.61. The molecular weight excluding hydrogens is 468 g/mol. The van der Waals surface area contributed by atoms with Crippen molar-refractivity contribution in [2.24, 2.45) is 33.7 Å². The number of benzene rings is 1. The van der Waals surface area contributed by atoms with Crippen LogP contribution in [-0.4, -0.2) is 40.0 Å². The molecule has 0 aliphatic heterocycles. The Morgan fingerprint density at radius 3 is 2.57 bits per heavy atom. The van der Waals surface area contributed by atoms with E-state index in [1.807, 2.05) is 13.0 Å². The highest BCUT2D eigenvalue weighted by Crippen LogP contribution is 2.66. The Bertz CT molecular complexity index is 1160. The lowest BCUT2D eigenvalue weighted by molar-refractivity contribution is -0.142. The molecule has 0 heterocycles. The molecule has 7 nitrogen and oxygen atoms in total. The summed E-state index contributed by atoms with van der Waals surface area (Å²) in [5, 5.41) is 27.3. The van der Waals surface area contributed by atoms with Crippen LogP contribution in [0.1, 0.15) is 70.9 Å². The number of aliphatic hydroxyl groups is 1. The average molecular weight is 507 g/mol. The number of aliphatic carboxylic acids is 1. The van der Waals surface area contributed by atoms with Crippen LogP contribution >= 0.6 is 0 Å². The maximum absolute atomic E-state index is 12.4. The van der Waals surface area contributed by atoms with Crippen molar-refractivity contribution in [3.8, 4) is 0 Å². The molecule has 5 rings (SSSR count). The van der Waals surface area contributed by atoms with Gasteiger partial charge in [0, 0.05) is 5.41 Å². The molecule has 0 aromatic heterocycles. The third-order valence-electron chi connectivity index (χ3n) is 10.2. The number of allylic oxidation sites excluding steroid dienone is 4. The molecule has 4 aliphatic rings. The summed E-state index contributed by atoms with van der Waals surface area (Å²) in [6.45, 7) is 6.32. The van der Waals surface area contributed by atoms with Gasteiger partial charge in [-0.05, 0) is 86.3 Å². The summed E-state index contributed by atoms with van der Waals surface area (Å²) in [6.07, 6.45) is 12.6. The van der Waals surface area contributed by atoms with Gasteiger partial charge in [0.1, 0.15) is 5.71 Å². The molecule has 7 atom stereocenters. The Hall–Kier alpha value is -2.93.